The standard InChI is InChI=1S/C11H10N2O3/c14-10(1-2-11(15)16)8-5-13-9-6-12-4-3-7(8)9/h3-6,13H,1-2H2,(H,15,16). The zero-order chi connectivity index (χ0) is 11.5. The van der Waals surface area contributed by atoms with Crippen LogP contribution >= 0.6 is 0 Å². The Hall–Kier alpha value is -2.17. The molecule has 2 rings (SSSR count). The third-order valence-electron chi connectivity index (χ3n) is 2.35. The number of carbonyl (C=O) groups excluding carboxylic acids is 1. The molecule has 2 aromatic rings. The second-order valence-corrected chi connectivity index (χ2v) is 3.44. The van der Waals surface area contributed by atoms with Gasteiger partial charge in [0.15, 0.2) is 5.78 Å². The molecule has 2 aromatic heterocycles. The lowest BCUT2D eigenvalue weighted by Crippen LogP contribution is -2.03. The first-order valence-corrected chi connectivity index (χ1v) is 4.84. The third-order valence-corrected chi connectivity index (χ3v) is 2.35. The first kappa shape index (κ1) is 10.4. The number of aromatic amines is 1. The minimum Gasteiger partial charge on any atom is -0.481 e. The van der Waals surface area contributed by atoms with Gasteiger partial charge in [-0.05, 0) is 6.07 Å². The normalized spacial score (nSPS) is 10.5. The largest absolute Gasteiger partial charge is 0.481 e. The molecular formula is C11H10N2O3. The molecule has 0 amide bonds. The highest BCUT2D eigenvalue weighted by atomic mass is 16.4. The highest BCUT2D eigenvalue weighted by molar-refractivity contribution is 6.08. The van der Waals surface area contributed by atoms with Crippen LogP contribution in [0.4, 0.5) is 0 Å². The summed E-state index contributed by atoms with van der Waals surface area (Å²) >= 11 is 0. The van der Waals surface area contributed by atoms with Crippen molar-refractivity contribution in [3.8, 4) is 0 Å². The number of Topliss-reactive ketones (excluding diaryl/α,β-unsaturated/α-hetero) is 1. The average molecular weight is 218 g/mol. The maximum absolute atomic E-state index is 11.7. The second-order valence-electron chi connectivity index (χ2n) is 3.44. The monoisotopic (exact) mass is 218 g/mol. The molecule has 0 saturated carbocycles. The molecule has 0 fully saturated rings. The number of aliphatic carboxylic acids is 1. The molecule has 0 aliphatic carbocycles. The van der Waals surface area contributed by atoms with Crippen LogP contribution in [0.2, 0.25) is 0 Å². The number of aromatic nitrogens is 2. The zero-order valence-electron chi connectivity index (χ0n) is 8.43. The average Bonchev–Trinajstić information content (AvgIpc) is 2.69. The Morgan fingerprint density at radius 3 is 2.94 bits per heavy atom. The van der Waals surface area contributed by atoms with Crippen LogP contribution in [-0.4, -0.2) is 26.8 Å². The Bertz CT molecular complexity index is 545. The van der Waals surface area contributed by atoms with Crippen molar-refractivity contribution in [1.29, 1.82) is 0 Å². The molecule has 0 radical (unpaired) electrons. The van der Waals surface area contributed by atoms with Crippen molar-refractivity contribution in [2.24, 2.45) is 0 Å². The van der Waals surface area contributed by atoms with Gasteiger partial charge in [-0.2, -0.15) is 0 Å². The quantitative estimate of drug-likeness (QED) is 0.763. The van der Waals surface area contributed by atoms with Gasteiger partial charge in [0.1, 0.15) is 0 Å². The number of carboxylic acid groups (broad SMARTS) is 1. The van der Waals surface area contributed by atoms with Crippen molar-refractivity contribution in [2.75, 3.05) is 0 Å². The number of hydrogen-bond acceptors (Lipinski definition) is 3. The van der Waals surface area contributed by atoms with E-state index in [-0.39, 0.29) is 18.6 Å². The van der Waals surface area contributed by atoms with E-state index in [2.05, 4.69) is 9.97 Å². The van der Waals surface area contributed by atoms with Gasteiger partial charge in [-0.25, -0.2) is 0 Å². The summed E-state index contributed by atoms with van der Waals surface area (Å²) in [4.78, 5) is 28.9. The topological polar surface area (TPSA) is 83.0 Å². The number of rotatable bonds is 4. The summed E-state index contributed by atoms with van der Waals surface area (Å²) in [5.41, 5.74) is 1.31. The second kappa shape index (κ2) is 4.14. The van der Waals surface area contributed by atoms with E-state index < -0.39 is 5.97 Å². The van der Waals surface area contributed by atoms with Gasteiger partial charge < -0.3 is 10.1 Å². The number of nitrogens with zero attached hydrogens (tertiary/aromatic N) is 1. The van der Waals surface area contributed by atoms with Gasteiger partial charge in [-0.1, -0.05) is 0 Å². The van der Waals surface area contributed by atoms with Crippen molar-refractivity contribution >= 4 is 22.7 Å². The number of fused-ring (bicyclic) bond motifs is 1. The molecule has 0 unspecified atom stereocenters. The lowest BCUT2D eigenvalue weighted by atomic mass is 10.1. The molecule has 0 atom stereocenters. The summed E-state index contributed by atoms with van der Waals surface area (Å²) in [5, 5.41) is 9.29. The fraction of sp³-hybridized carbons (Fsp3) is 0.182. The molecular weight excluding hydrogens is 208 g/mol. The van der Waals surface area contributed by atoms with E-state index in [0.717, 1.165) is 10.9 Å². The minimum absolute atomic E-state index is 0.0185. The third kappa shape index (κ3) is 1.93. The summed E-state index contributed by atoms with van der Waals surface area (Å²) in [5.74, 6) is -1.13. The van der Waals surface area contributed by atoms with Crippen molar-refractivity contribution in [3.05, 3.63) is 30.2 Å². The Balaban J connectivity index is 2.26. The Morgan fingerprint density at radius 2 is 2.19 bits per heavy atom. The highest BCUT2D eigenvalue weighted by Crippen LogP contribution is 2.18. The van der Waals surface area contributed by atoms with E-state index in [1.807, 2.05) is 0 Å². The SMILES string of the molecule is O=C(O)CCC(=O)c1c[nH]c2cnccc12. The number of H-pyrrole nitrogens is 1. The van der Waals surface area contributed by atoms with Gasteiger partial charge in [-0.15, -0.1) is 0 Å². The summed E-state index contributed by atoms with van der Waals surface area (Å²) in [6.07, 6.45) is 4.70. The van der Waals surface area contributed by atoms with Gasteiger partial charge >= 0.3 is 5.97 Å². The number of nitrogens with one attached hydrogen (secondary N) is 1. The fourth-order valence-electron chi connectivity index (χ4n) is 1.56. The predicted molar refractivity (Wildman–Crippen MR) is 57.3 cm³/mol. The first-order chi connectivity index (χ1) is 7.68. The van der Waals surface area contributed by atoms with Crippen molar-refractivity contribution in [1.82, 2.24) is 9.97 Å². The molecule has 82 valence electrons. The van der Waals surface area contributed by atoms with Crippen molar-refractivity contribution in [3.63, 3.8) is 0 Å². The minimum atomic E-state index is -0.963. The maximum atomic E-state index is 11.7. The van der Waals surface area contributed by atoms with E-state index in [1.54, 1.807) is 24.7 Å². The number of carboxylic acids is 1. The van der Waals surface area contributed by atoms with E-state index >= 15 is 0 Å². The van der Waals surface area contributed by atoms with Crippen LogP contribution < -0.4 is 0 Å². The van der Waals surface area contributed by atoms with Gasteiger partial charge in [0.25, 0.3) is 0 Å². The Morgan fingerprint density at radius 1 is 1.38 bits per heavy atom. The lowest BCUT2D eigenvalue weighted by molar-refractivity contribution is -0.136. The molecule has 5 heteroatoms. The lowest BCUT2D eigenvalue weighted by Gasteiger charge is -1.96. The molecule has 0 aromatic carbocycles. The molecule has 0 aliphatic heterocycles. The van der Waals surface area contributed by atoms with Crippen LogP contribution in [0.3, 0.4) is 0 Å². The number of hydrogen-bond donors (Lipinski definition) is 2. The smallest absolute Gasteiger partial charge is 0.303 e. The summed E-state index contributed by atoms with van der Waals surface area (Å²) in [6.45, 7) is 0. The number of pyridine rings is 1. The zero-order valence-corrected chi connectivity index (χ0v) is 8.43. The molecule has 2 N–H and O–H groups in total. The summed E-state index contributed by atoms with van der Waals surface area (Å²) in [7, 11) is 0. The summed E-state index contributed by atoms with van der Waals surface area (Å²) in [6, 6.07) is 1.74. The van der Waals surface area contributed by atoms with Crippen molar-refractivity contribution < 1.29 is 14.7 Å². The first-order valence-electron chi connectivity index (χ1n) is 4.84. The molecule has 0 bridgehead atoms. The molecule has 5 nitrogen and oxygen atoms in total. The van der Waals surface area contributed by atoms with Crippen LogP contribution in [-0.2, 0) is 4.79 Å². The Kier molecular flexibility index (Phi) is 2.68. The highest BCUT2D eigenvalue weighted by Gasteiger charge is 2.12. The van der Waals surface area contributed by atoms with Gasteiger partial charge in [-0.3, -0.25) is 14.6 Å². The van der Waals surface area contributed by atoms with Gasteiger partial charge in [0.05, 0.1) is 18.1 Å². The fourth-order valence-corrected chi connectivity index (χ4v) is 1.56. The molecule has 0 spiro atoms. The van der Waals surface area contributed by atoms with Crippen LogP contribution in [0.25, 0.3) is 10.9 Å². The summed E-state index contributed by atoms with van der Waals surface area (Å²) < 4.78 is 0. The van der Waals surface area contributed by atoms with E-state index in [1.165, 1.54) is 0 Å². The predicted octanol–water partition coefficient (Wildman–Crippen LogP) is 1.61. The molecule has 2 heterocycles. The molecule has 0 saturated heterocycles. The van der Waals surface area contributed by atoms with Crippen LogP contribution in [0.1, 0.15) is 23.2 Å². The van der Waals surface area contributed by atoms with Crippen LogP contribution in [0, 0.1) is 0 Å². The molecule has 16 heavy (non-hydrogen) atoms. The van der Waals surface area contributed by atoms with E-state index in [4.69, 9.17) is 5.11 Å². The van der Waals surface area contributed by atoms with Crippen LogP contribution in [0.15, 0.2) is 24.7 Å². The number of ketones is 1. The maximum Gasteiger partial charge on any atom is 0.303 e. The van der Waals surface area contributed by atoms with Crippen LogP contribution in [0.5, 0.6) is 0 Å². The van der Waals surface area contributed by atoms with Gasteiger partial charge in [0, 0.05) is 29.8 Å². The Labute approximate surface area is 91.1 Å². The van der Waals surface area contributed by atoms with Crippen molar-refractivity contribution in [2.45, 2.75) is 12.8 Å². The van der Waals surface area contributed by atoms with E-state index in [0.29, 0.717) is 5.56 Å². The number of carbonyl (C=O) groups is 2. The van der Waals surface area contributed by atoms with Gasteiger partial charge in [0.2, 0.25) is 0 Å². The molecule has 0 aliphatic rings. The van der Waals surface area contributed by atoms with E-state index in [9.17, 15) is 9.59 Å².